The van der Waals surface area contributed by atoms with Gasteiger partial charge >= 0.3 is 18.3 Å². The average Bonchev–Trinajstić information content (AvgIpc) is 3.15. The molecule has 0 radical (unpaired) electrons. The Balaban J connectivity index is 1.46. The Morgan fingerprint density at radius 3 is 2.55 bits per heavy atom. The van der Waals surface area contributed by atoms with Gasteiger partial charge in [0.1, 0.15) is 36.1 Å². The molecule has 0 aliphatic carbocycles. The molecule has 0 saturated heterocycles. The Morgan fingerprint density at radius 2 is 1.83 bits per heavy atom. The highest BCUT2D eigenvalue weighted by Gasteiger charge is 2.40. The molecule has 0 bridgehead atoms. The lowest BCUT2D eigenvalue weighted by molar-refractivity contribution is -0.199. The predicted molar refractivity (Wildman–Crippen MR) is 139 cm³/mol. The van der Waals surface area contributed by atoms with Gasteiger partial charge in [-0.1, -0.05) is 17.7 Å². The Morgan fingerprint density at radius 1 is 1.05 bits per heavy atom. The molecular weight excluding hydrogens is 596 g/mol. The SMILES string of the molecule is O=C(NCCOC(=O)C(F)(F)F)C1=Cc2c(ncnc2Nc2ccc(Oc3cccc(C(F)(F)F)c3)c(Cl)c2)NCC1. The second-order valence-electron chi connectivity index (χ2n) is 8.62. The van der Waals surface area contributed by atoms with Gasteiger partial charge in [0.15, 0.2) is 0 Å². The van der Waals surface area contributed by atoms with E-state index in [0.717, 1.165) is 12.1 Å². The summed E-state index contributed by atoms with van der Waals surface area (Å²) in [5.41, 5.74) is 0.194. The standard InChI is InChI=1S/C26H20ClF6N5O4/c27-19-12-16(4-5-20(19)42-17-3-1-2-15(11-17)25(28,29)30)38-22-18-10-14(6-7-34-21(18)36-13-37-22)23(39)35-8-9-41-24(40)26(31,32)33/h1-5,10-13H,6-9H2,(H,35,39)(H2,34,36,37,38). The first-order valence-corrected chi connectivity index (χ1v) is 12.4. The number of ether oxygens (including phenoxy) is 2. The molecule has 1 amide bonds. The first-order chi connectivity index (χ1) is 19.8. The maximum Gasteiger partial charge on any atom is 0.490 e. The Hall–Kier alpha value is -4.53. The third-order valence-electron chi connectivity index (χ3n) is 5.62. The number of benzene rings is 2. The maximum atomic E-state index is 13.0. The van der Waals surface area contributed by atoms with Crippen molar-refractivity contribution in [2.45, 2.75) is 18.8 Å². The average molecular weight is 616 g/mol. The van der Waals surface area contributed by atoms with E-state index in [-0.39, 0.29) is 40.9 Å². The van der Waals surface area contributed by atoms with Crippen LogP contribution in [-0.4, -0.2) is 47.7 Å². The zero-order valence-electron chi connectivity index (χ0n) is 21.2. The Kier molecular flexibility index (Phi) is 9.09. The number of hydrogen-bond donors (Lipinski definition) is 3. The molecule has 0 spiro atoms. The minimum atomic E-state index is -5.13. The van der Waals surface area contributed by atoms with Crippen LogP contribution in [0.2, 0.25) is 5.02 Å². The Labute approximate surface area is 238 Å². The van der Waals surface area contributed by atoms with Gasteiger partial charge < -0.3 is 25.4 Å². The molecule has 0 fully saturated rings. The molecular formula is C26H20ClF6N5O4. The monoisotopic (exact) mass is 615 g/mol. The molecule has 42 heavy (non-hydrogen) atoms. The number of carbonyl (C=O) groups is 2. The zero-order valence-corrected chi connectivity index (χ0v) is 22.0. The molecule has 16 heteroatoms. The van der Waals surface area contributed by atoms with Crippen LogP contribution in [0.5, 0.6) is 11.5 Å². The van der Waals surface area contributed by atoms with E-state index in [1.54, 1.807) is 6.07 Å². The topological polar surface area (TPSA) is 114 Å². The fourth-order valence-corrected chi connectivity index (χ4v) is 3.90. The predicted octanol–water partition coefficient (Wildman–Crippen LogP) is 6.11. The summed E-state index contributed by atoms with van der Waals surface area (Å²) in [6.07, 6.45) is -6.66. The molecule has 9 nitrogen and oxygen atoms in total. The number of nitrogens with one attached hydrogen (secondary N) is 3. The van der Waals surface area contributed by atoms with Gasteiger partial charge in [-0.3, -0.25) is 4.79 Å². The van der Waals surface area contributed by atoms with E-state index in [1.807, 2.05) is 0 Å². The number of rotatable bonds is 8. The van der Waals surface area contributed by atoms with Crippen molar-refractivity contribution in [3.05, 3.63) is 70.5 Å². The number of fused-ring (bicyclic) bond motifs is 1. The van der Waals surface area contributed by atoms with Crippen molar-refractivity contribution in [2.24, 2.45) is 0 Å². The summed E-state index contributed by atoms with van der Waals surface area (Å²) >= 11 is 6.32. The summed E-state index contributed by atoms with van der Waals surface area (Å²) in [5.74, 6) is -2.25. The first kappa shape index (κ1) is 30.4. The summed E-state index contributed by atoms with van der Waals surface area (Å²) in [6, 6.07) is 8.79. The van der Waals surface area contributed by atoms with Crippen LogP contribution in [-0.2, 0) is 20.5 Å². The van der Waals surface area contributed by atoms with Gasteiger partial charge in [-0.05, 0) is 48.9 Å². The summed E-state index contributed by atoms with van der Waals surface area (Å²) < 4.78 is 85.4. The molecule has 1 aromatic heterocycles. The fourth-order valence-electron chi connectivity index (χ4n) is 3.68. The van der Waals surface area contributed by atoms with Crippen LogP contribution in [0.1, 0.15) is 17.5 Å². The number of hydrogen-bond acceptors (Lipinski definition) is 8. The van der Waals surface area contributed by atoms with E-state index in [0.29, 0.717) is 23.6 Å². The van der Waals surface area contributed by atoms with E-state index in [4.69, 9.17) is 16.3 Å². The number of alkyl halides is 6. The number of amides is 1. The summed E-state index contributed by atoms with van der Waals surface area (Å²) in [7, 11) is 0. The molecule has 4 rings (SSSR count). The first-order valence-electron chi connectivity index (χ1n) is 12.0. The van der Waals surface area contributed by atoms with Gasteiger partial charge in [-0.2, -0.15) is 26.3 Å². The van der Waals surface area contributed by atoms with Gasteiger partial charge in [0.05, 0.1) is 22.7 Å². The second kappa shape index (κ2) is 12.5. The van der Waals surface area contributed by atoms with Crippen LogP contribution < -0.4 is 20.7 Å². The van der Waals surface area contributed by atoms with Crippen LogP contribution in [0.25, 0.3) is 6.08 Å². The number of carbonyl (C=O) groups excluding carboxylic acids is 2. The third-order valence-corrected chi connectivity index (χ3v) is 5.91. The van der Waals surface area contributed by atoms with Crippen LogP contribution >= 0.6 is 11.6 Å². The fraction of sp³-hybridized carbons (Fsp3) is 0.231. The molecule has 3 aromatic rings. The minimum Gasteiger partial charge on any atom is -0.457 e. The Bertz CT molecular complexity index is 1510. The smallest absolute Gasteiger partial charge is 0.457 e. The second-order valence-corrected chi connectivity index (χ2v) is 9.03. The van der Waals surface area contributed by atoms with Crippen molar-refractivity contribution < 1.29 is 45.4 Å². The lowest BCUT2D eigenvalue weighted by Gasteiger charge is -2.14. The largest absolute Gasteiger partial charge is 0.490 e. The normalized spacial score (nSPS) is 13.2. The summed E-state index contributed by atoms with van der Waals surface area (Å²) in [6.45, 7) is -0.711. The molecule has 0 atom stereocenters. The van der Waals surface area contributed by atoms with Gasteiger partial charge in [0, 0.05) is 17.8 Å². The molecule has 1 aliphatic rings. The number of esters is 1. The molecule has 2 heterocycles. The zero-order chi connectivity index (χ0) is 30.5. The van der Waals surface area contributed by atoms with Crippen LogP contribution in [0.4, 0.5) is 43.7 Å². The van der Waals surface area contributed by atoms with Crippen LogP contribution in [0, 0.1) is 0 Å². The number of halogens is 7. The molecule has 3 N–H and O–H groups in total. The lowest BCUT2D eigenvalue weighted by atomic mass is 10.1. The number of anilines is 3. The highest BCUT2D eigenvalue weighted by molar-refractivity contribution is 6.32. The van der Waals surface area contributed by atoms with E-state index in [2.05, 4.69) is 30.7 Å². The molecule has 222 valence electrons. The van der Waals surface area contributed by atoms with E-state index in [9.17, 15) is 35.9 Å². The van der Waals surface area contributed by atoms with Crippen molar-refractivity contribution in [3.8, 4) is 11.5 Å². The van der Waals surface area contributed by atoms with Crippen LogP contribution in [0.3, 0.4) is 0 Å². The molecule has 2 aromatic carbocycles. The van der Waals surface area contributed by atoms with E-state index in [1.165, 1.54) is 36.7 Å². The minimum absolute atomic E-state index is 0.0610. The van der Waals surface area contributed by atoms with Crippen molar-refractivity contribution in [3.63, 3.8) is 0 Å². The molecule has 0 unspecified atom stereocenters. The van der Waals surface area contributed by atoms with Crippen LogP contribution in [0.15, 0.2) is 54.4 Å². The summed E-state index contributed by atoms with van der Waals surface area (Å²) in [5, 5.41) is 8.57. The van der Waals surface area contributed by atoms with Crippen molar-refractivity contribution in [2.75, 3.05) is 30.3 Å². The quantitative estimate of drug-likeness (QED) is 0.158. The van der Waals surface area contributed by atoms with Gasteiger partial charge in [-0.25, -0.2) is 14.8 Å². The highest BCUT2D eigenvalue weighted by atomic mass is 35.5. The maximum absolute atomic E-state index is 13.0. The van der Waals surface area contributed by atoms with Crippen molar-refractivity contribution >= 4 is 46.9 Å². The number of nitrogens with zero attached hydrogens (tertiary/aromatic N) is 2. The molecule has 1 aliphatic heterocycles. The summed E-state index contributed by atoms with van der Waals surface area (Å²) in [4.78, 5) is 31.8. The van der Waals surface area contributed by atoms with Gasteiger partial charge in [0.25, 0.3) is 0 Å². The van der Waals surface area contributed by atoms with Gasteiger partial charge in [0.2, 0.25) is 5.91 Å². The number of aromatic nitrogens is 2. The van der Waals surface area contributed by atoms with Gasteiger partial charge in [-0.15, -0.1) is 0 Å². The third kappa shape index (κ3) is 7.81. The van der Waals surface area contributed by atoms with E-state index < -0.39 is 36.4 Å². The van der Waals surface area contributed by atoms with Crippen molar-refractivity contribution in [1.29, 1.82) is 0 Å². The highest BCUT2D eigenvalue weighted by Crippen LogP contribution is 2.36. The molecule has 0 saturated carbocycles. The van der Waals surface area contributed by atoms with Crippen molar-refractivity contribution in [1.82, 2.24) is 15.3 Å². The lowest BCUT2D eigenvalue weighted by Crippen LogP contribution is -2.32. The van der Waals surface area contributed by atoms with E-state index >= 15 is 0 Å².